The van der Waals surface area contributed by atoms with Gasteiger partial charge >= 0.3 is 0 Å². The van der Waals surface area contributed by atoms with Crippen molar-refractivity contribution < 1.29 is 4.74 Å². The highest BCUT2D eigenvalue weighted by Crippen LogP contribution is 2.28. The number of nitrogens with zero attached hydrogens (tertiary/aromatic N) is 1. The van der Waals surface area contributed by atoms with Crippen LogP contribution in [0.2, 0.25) is 0 Å². The number of nitrogen functional groups attached to an aromatic ring is 1. The van der Waals surface area contributed by atoms with Gasteiger partial charge in [-0.05, 0) is 65.1 Å². The van der Waals surface area contributed by atoms with E-state index in [-0.39, 0.29) is 0 Å². The molecule has 0 spiro atoms. The van der Waals surface area contributed by atoms with Crippen LogP contribution >= 0.6 is 22.6 Å². The molecule has 2 aromatic carbocycles. The number of halogens is 1. The van der Waals surface area contributed by atoms with E-state index in [0.717, 1.165) is 9.32 Å². The summed E-state index contributed by atoms with van der Waals surface area (Å²) < 4.78 is 6.64. The summed E-state index contributed by atoms with van der Waals surface area (Å²) >= 11 is 2.17. The van der Waals surface area contributed by atoms with Gasteiger partial charge in [0.05, 0.1) is 15.2 Å². The number of ether oxygens (including phenoxy) is 1. The Balaban J connectivity index is 2.23. The summed E-state index contributed by atoms with van der Waals surface area (Å²) in [6.45, 7) is 0. The summed E-state index contributed by atoms with van der Waals surface area (Å²) in [4.78, 5) is 0. The van der Waals surface area contributed by atoms with E-state index in [1.54, 1.807) is 30.3 Å². The number of hydrogen-bond donors (Lipinski definition) is 1. The lowest BCUT2D eigenvalue weighted by Crippen LogP contribution is -1.90. The number of hydrogen-bond acceptors (Lipinski definition) is 3. The molecule has 0 radical (unpaired) electrons. The first-order valence-corrected chi connectivity index (χ1v) is 6.00. The molecule has 0 atom stereocenters. The second-order valence-electron chi connectivity index (χ2n) is 3.43. The summed E-state index contributed by atoms with van der Waals surface area (Å²) in [5, 5.41) is 8.69. The van der Waals surface area contributed by atoms with E-state index in [1.807, 2.05) is 12.1 Å². The van der Waals surface area contributed by atoms with Gasteiger partial charge in [0, 0.05) is 5.69 Å². The fourth-order valence-electron chi connectivity index (χ4n) is 1.32. The third-order valence-electron chi connectivity index (χ3n) is 2.17. The third kappa shape index (κ3) is 2.88. The Bertz CT molecular complexity index is 573. The van der Waals surface area contributed by atoms with E-state index in [0.29, 0.717) is 17.0 Å². The molecule has 84 valence electrons. The fourth-order valence-corrected chi connectivity index (χ4v) is 1.97. The van der Waals surface area contributed by atoms with Crippen molar-refractivity contribution in [3.8, 4) is 17.6 Å². The number of anilines is 1. The number of rotatable bonds is 2. The van der Waals surface area contributed by atoms with Crippen LogP contribution in [0, 0.1) is 14.9 Å². The molecule has 0 unspecified atom stereocenters. The van der Waals surface area contributed by atoms with Crippen LogP contribution < -0.4 is 10.5 Å². The molecule has 0 bridgehead atoms. The Morgan fingerprint density at radius 3 is 2.41 bits per heavy atom. The van der Waals surface area contributed by atoms with Gasteiger partial charge in [0.2, 0.25) is 0 Å². The summed E-state index contributed by atoms with van der Waals surface area (Å²) in [5.41, 5.74) is 6.99. The lowest BCUT2D eigenvalue weighted by molar-refractivity contribution is 0.479. The highest BCUT2D eigenvalue weighted by molar-refractivity contribution is 14.1. The van der Waals surface area contributed by atoms with Crippen molar-refractivity contribution in [2.75, 3.05) is 5.73 Å². The summed E-state index contributed by atoms with van der Waals surface area (Å²) in [7, 11) is 0. The van der Waals surface area contributed by atoms with Crippen molar-refractivity contribution in [1.82, 2.24) is 0 Å². The number of nitrogens with two attached hydrogens (primary N) is 1. The topological polar surface area (TPSA) is 59.0 Å². The molecule has 3 nitrogen and oxygen atoms in total. The zero-order chi connectivity index (χ0) is 12.3. The van der Waals surface area contributed by atoms with Gasteiger partial charge in [0.25, 0.3) is 0 Å². The van der Waals surface area contributed by atoms with Crippen molar-refractivity contribution >= 4 is 28.3 Å². The van der Waals surface area contributed by atoms with Gasteiger partial charge in [0.1, 0.15) is 11.5 Å². The van der Waals surface area contributed by atoms with Gasteiger partial charge in [-0.1, -0.05) is 0 Å². The van der Waals surface area contributed by atoms with E-state index in [2.05, 4.69) is 28.7 Å². The Morgan fingerprint density at radius 2 is 1.82 bits per heavy atom. The largest absolute Gasteiger partial charge is 0.456 e. The first-order chi connectivity index (χ1) is 8.19. The van der Waals surface area contributed by atoms with E-state index >= 15 is 0 Å². The Kier molecular flexibility index (Phi) is 3.49. The maximum Gasteiger partial charge on any atom is 0.140 e. The lowest BCUT2D eigenvalue weighted by Gasteiger charge is -2.08. The van der Waals surface area contributed by atoms with Crippen LogP contribution in [0.15, 0.2) is 42.5 Å². The van der Waals surface area contributed by atoms with Crippen LogP contribution in [0.4, 0.5) is 5.69 Å². The van der Waals surface area contributed by atoms with Crippen LogP contribution in [0.25, 0.3) is 0 Å². The Labute approximate surface area is 113 Å². The first kappa shape index (κ1) is 11.7. The lowest BCUT2D eigenvalue weighted by atomic mass is 10.2. The van der Waals surface area contributed by atoms with Crippen molar-refractivity contribution in [3.63, 3.8) is 0 Å². The monoisotopic (exact) mass is 336 g/mol. The first-order valence-electron chi connectivity index (χ1n) is 4.92. The SMILES string of the molecule is N#Cc1ccc(Oc2ccc(N)cc2I)cc1. The summed E-state index contributed by atoms with van der Waals surface area (Å²) in [5.74, 6) is 1.45. The maximum absolute atomic E-state index is 8.69. The van der Waals surface area contributed by atoms with Gasteiger partial charge < -0.3 is 10.5 Å². The standard InChI is InChI=1S/C13H9IN2O/c14-12-7-10(16)3-6-13(12)17-11-4-1-9(8-15)2-5-11/h1-7H,16H2. The zero-order valence-electron chi connectivity index (χ0n) is 8.85. The molecule has 0 heterocycles. The molecule has 0 aliphatic carbocycles. The second-order valence-corrected chi connectivity index (χ2v) is 4.59. The minimum atomic E-state index is 0.615. The molecule has 0 aliphatic rings. The molecule has 0 aromatic heterocycles. The van der Waals surface area contributed by atoms with E-state index in [4.69, 9.17) is 15.7 Å². The molecule has 0 saturated heterocycles. The van der Waals surface area contributed by atoms with Gasteiger partial charge in [-0.3, -0.25) is 0 Å². The average molecular weight is 336 g/mol. The molecule has 2 aromatic rings. The van der Waals surface area contributed by atoms with Gasteiger partial charge in [-0.2, -0.15) is 5.26 Å². The quantitative estimate of drug-likeness (QED) is 0.674. The maximum atomic E-state index is 8.69. The van der Waals surface area contributed by atoms with E-state index < -0.39 is 0 Å². The molecule has 0 saturated carbocycles. The molecule has 0 amide bonds. The predicted octanol–water partition coefficient (Wildman–Crippen LogP) is 3.54. The molecule has 2 rings (SSSR count). The summed E-state index contributed by atoms with van der Waals surface area (Å²) in [6, 6.07) is 14.5. The average Bonchev–Trinajstić information content (AvgIpc) is 2.34. The van der Waals surface area contributed by atoms with Crippen LogP contribution in [-0.2, 0) is 0 Å². The Hall–Kier alpha value is -1.74. The molecule has 17 heavy (non-hydrogen) atoms. The minimum absolute atomic E-state index is 0.615. The van der Waals surface area contributed by atoms with Gasteiger partial charge in [0.15, 0.2) is 0 Å². The molecule has 4 heteroatoms. The molecular weight excluding hydrogens is 327 g/mol. The van der Waals surface area contributed by atoms with Crippen molar-refractivity contribution in [2.24, 2.45) is 0 Å². The zero-order valence-corrected chi connectivity index (χ0v) is 11.0. The number of benzene rings is 2. The predicted molar refractivity (Wildman–Crippen MR) is 74.8 cm³/mol. The molecule has 0 fully saturated rings. The molecular formula is C13H9IN2O. The number of nitriles is 1. The molecule has 0 aliphatic heterocycles. The normalized spacial score (nSPS) is 9.65. The summed E-state index contributed by atoms with van der Waals surface area (Å²) in [6.07, 6.45) is 0. The Morgan fingerprint density at radius 1 is 1.12 bits per heavy atom. The van der Waals surface area contributed by atoms with Crippen LogP contribution in [-0.4, -0.2) is 0 Å². The van der Waals surface area contributed by atoms with Gasteiger partial charge in [-0.15, -0.1) is 0 Å². The van der Waals surface area contributed by atoms with Gasteiger partial charge in [-0.25, -0.2) is 0 Å². The van der Waals surface area contributed by atoms with E-state index in [1.165, 1.54) is 0 Å². The van der Waals surface area contributed by atoms with Crippen LogP contribution in [0.5, 0.6) is 11.5 Å². The van der Waals surface area contributed by atoms with Crippen LogP contribution in [0.3, 0.4) is 0 Å². The van der Waals surface area contributed by atoms with Crippen molar-refractivity contribution in [3.05, 3.63) is 51.6 Å². The molecule has 2 N–H and O–H groups in total. The minimum Gasteiger partial charge on any atom is -0.456 e. The van der Waals surface area contributed by atoms with Crippen molar-refractivity contribution in [2.45, 2.75) is 0 Å². The third-order valence-corrected chi connectivity index (χ3v) is 3.01. The highest BCUT2D eigenvalue weighted by Gasteiger charge is 2.03. The second kappa shape index (κ2) is 5.06. The highest BCUT2D eigenvalue weighted by atomic mass is 127. The van der Waals surface area contributed by atoms with Crippen LogP contribution in [0.1, 0.15) is 5.56 Å². The van der Waals surface area contributed by atoms with Crippen molar-refractivity contribution in [1.29, 1.82) is 5.26 Å². The van der Waals surface area contributed by atoms with E-state index in [9.17, 15) is 0 Å². The smallest absolute Gasteiger partial charge is 0.140 e. The fraction of sp³-hybridized carbons (Fsp3) is 0.